The fourth-order valence-corrected chi connectivity index (χ4v) is 1.02. The number of aldehydes is 1. The van der Waals surface area contributed by atoms with E-state index in [9.17, 15) is 4.79 Å². The molecule has 0 fully saturated rings. The zero-order valence-electron chi connectivity index (χ0n) is 5.68. The minimum Gasteiger partial charge on any atom is -0.469 e. The van der Waals surface area contributed by atoms with Crippen LogP contribution in [0.15, 0.2) is 29.4 Å². The van der Waals surface area contributed by atoms with Crippen molar-refractivity contribution in [3.63, 3.8) is 0 Å². The Bertz CT molecular complexity index is 268. The molecule has 0 saturated carbocycles. The van der Waals surface area contributed by atoms with Crippen LogP contribution in [0.3, 0.4) is 0 Å². The number of fused-ring (bicyclic) bond motifs is 1. The number of rotatable bonds is 1. The molecule has 0 aliphatic carbocycles. The predicted octanol–water partition coefficient (Wildman–Crippen LogP) is 0.241. The monoisotopic (exact) mass is 150 g/mol. The highest BCUT2D eigenvalue weighted by molar-refractivity contribution is 5.84. The van der Waals surface area contributed by atoms with Gasteiger partial charge in [0.15, 0.2) is 12.5 Å². The first-order chi connectivity index (χ1) is 5.42. The molecular formula is C7H6N2O2. The smallest absolute Gasteiger partial charge is 0.181 e. The van der Waals surface area contributed by atoms with E-state index in [0.29, 0.717) is 0 Å². The second kappa shape index (κ2) is 2.23. The molecule has 2 aliphatic rings. The van der Waals surface area contributed by atoms with E-state index in [1.165, 1.54) is 6.26 Å². The van der Waals surface area contributed by atoms with Crippen LogP contribution in [0, 0.1) is 0 Å². The van der Waals surface area contributed by atoms with E-state index in [1.54, 1.807) is 23.6 Å². The molecule has 4 nitrogen and oxygen atoms in total. The lowest BCUT2D eigenvalue weighted by Gasteiger charge is -2.19. The van der Waals surface area contributed by atoms with E-state index in [-0.39, 0.29) is 0 Å². The molecule has 0 bridgehead atoms. The second-order valence-electron chi connectivity index (χ2n) is 2.20. The Labute approximate surface area is 63.5 Å². The van der Waals surface area contributed by atoms with E-state index in [1.807, 2.05) is 0 Å². The van der Waals surface area contributed by atoms with Crippen molar-refractivity contribution in [1.82, 2.24) is 4.90 Å². The quantitative estimate of drug-likeness (QED) is 0.503. The van der Waals surface area contributed by atoms with Crippen LogP contribution in [0.25, 0.3) is 0 Å². The van der Waals surface area contributed by atoms with Crippen molar-refractivity contribution in [3.8, 4) is 0 Å². The van der Waals surface area contributed by atoms with Gasteiger partial charge >= 0.3 is 0 Å². The number of nitrogens with zero attached hydrogens (tertiary/aromatic N) is 2. The molecule has 2 rings (SSSR count). The summed E-state index contributed by atoms with van der Waals surface area (Å²) in [6, 6.07) is 0. The Morgan fingerprint density at radius 3 is 3.45 bits per heavy atom. The molecule has 1 unspecified atom stereocenters. The van der Waals surface area contributed by atoms with E-state index in [0.717, 1.165) is 12.0 Å². The zero-order chi connectivity index (χ0) is 7.68. The van der Waals surface area contributed by atoms with Gasteiger partial charge in [0, 0.05) is 6.20 Å². The molecule has 0 aromatic heterocycles. The summed E-state index contributed by atoms with van der Waals surface area (Å²) in [7, 11) is 0. The molecule has 4 heteroatoms. The fourth-order valence-electron chi connectivity index (χ4n) is 1.02. The molecule has 11 heavy (non-hydrogen) atoms. The highest BCUT2D eigenvalue weighted by atomic mass is 16.5. The van der Waals surface area contributed by atoms with Gasteiger partial charge in [-0.2, -0.15) is 0 Å². The van der Waals surface area contributed by atoms with Crippen molar-refractivity contribution in [2.24, 2.45) is 4.99 Å². The van der Waals surface area contributed by atoms with Gasteiger partial charge in [0.2, 0.25) is 0 Å². The van der Waals surface area contributed by atoms with Crippen LogP contribution < -0.4 is 0 Å². The fraction of sp³-hybridized carbons (Fsp3) is 0.143. The predicted molar refractivity (Wildman–Crippen MR) is 38.5 cm³/mol. The van der Waals surface area contributed by atoms with Gasteiger partial charge in [-0.1, -0.05) is 0 Å². The third-order valence-corrected chi connectivity index (χ3v) is 1.55. The van der Waals surface area contributed by atoms with Crippen LogP contribution in [0.1, 0.15) is 0 Å². The van der Waals surface area contributed by atoms with Crippen molar-refractivity contribution in [3.05, 3.63) is 24.4 Å². The maximum atomic E-state index is 10.4. The number of hydrogen-bond donors (Lipinski definition) is 0. The summed E-state index contributed by atoms with van der Waals surface area (Å²) in [6.45, 7) is 0. The van der Waals surface area contributed by atoms with Crippen LogP contribution in [0.2, 0.25) is 0 Å². The summed E-state index contributed by atoms with van der Waals surface area (Å²) in [5, 5.41) is 0. The third-order valence-electron chi connectivity index (χ3n) is 1.55. The van der Waals surface area contributed by atoms with E-state index in [4.69, 9.17) is 4.74 Å². The van der Waals surface area contributed by atoms with Gasteiger partial charge in [0.1, 0.15) is 12.5 Å². The second-order valence-corrected chi connectivity index (χ2v) is 2.20. The summed E-state index contributed by atoms with van der Waals surface area (Å²) in [5.74, 6) is 0. The van der Waals surface area contributed by atoms with Crippen LogP contribution in [0.4, 0.5) is 0 Å². The Kier molecular flexibility index (Phi) is 1.25. The minimum absolute atomic E-state index is 0.401. The van der Waals surface area contributed by atoms with E-state index in [2.05, 4.69) is 4.99 Å². The van der Waals surface area contributed by atoms with Crippen molar-refractivity contribution < 1.29 is 9.53 Å². The van der Waals surface area contributed by atoms with Gasteiger partial charge in [0.25, 0.3) is 0 Å². The summed E-state index contributed by atoms with van der Waals surface area (Å²) in [5.41, 5.74) is 0.810. The molecule has 0 aromatic rings. The number of ether oxygens (including phenoxy) is 1. The maximum absolute atomic E-state index is 10.4. The SMILES string of the molecule is O=CC1N=CC2=COC=CN21. The number of carbonyl (C=O) groups is 1. The molecule has 0 amide bonds. The molecule has 0 radical (unpaired) electrons. The van der Waals surface area contributed by atoms with Gasteiger partial charge in [-0.25, -0.2) is 0 Å². The summed E-state index contributed by atoms with van der Waals surface area (Å²) < 4.78 is 4.88. The topological polar surface area (TPSA) is 41.9 Å². The van der Waals surface area contributed by atoms with Gasteiger partial charge < -0.3 is 9.64 Å². The van der Waals surface area contributed by atoms with Crippen LogP contribution in [-0.4, -0.2) is 23.6 Å². The summed E-state index contributed by atoms with van der Waals surface area (Å²) in [4.78, 5) is 16.1. The lowest BCUT2D eigenvalue weighted by Crippen LogP contribution is -2.25. The Hall–Kier alpha value is -1.58. The molecular weight excluding hydrogens is 144 g/mol. The highest BCUT2D eigenvalue weighted by Crippen LogP contribution is 2.18. The van der Waals surface area contributed by atoms with Crippen LogP contribution in [-0.2, 0) is 9.53 Å². The summed E-state index contributed by atoms with van der Waals surface area (Å²) in [6.07, 6.45) is 6.74. The minimum atomic E-state index is -0.401. The van der Waals surface area contributed by atoms with Crippen molar-refractivity contribution >= 4 is 12.5 Å². The van der Waals surface area contributed by atoms with Crippen LogP contribution >= 0.6 is 0 Å². The number of hydrogen-bond acceptors (Lipinski definition) is 4. The molecule has 0 N–H and O–H groups in total. The molecule has 2 aliphatic heterocycles. The zero-order valence-corrected chi connectivity index (χ0v) is 5.68. The molecule has 0 aromatic carbocycles. The molecule has 0 spiro atoms. The Balaban J connectivity index is 2.29. The summed E-state index contributed by atoms with van der Waals surface area (Å²) >= 11 is 0. The first-order valence-electron chi connectivity index (χ1n) is 3.21. The molecule has 0 saturated heterocycles. The first-order valence-corrected chi connectivity index (χ1v) is 3.21. The highest BCUT2D eigenvalue weighted by Gasteiger charge is 2.23. The Morgan fingerprint density at radius 2 is 2.64 bits per heavy atom. The first kappa shape index (κ1) is 6.15. The number of allylic oxidation sites excluding steroid dienone is 1. The average molecular weight is 150 g/mol. The third kappa shape index (κ3) is 0.832. The molecule has 2 heterocycles. The normalized spacial score (nSPS) is 26.0. The van der Waals surface area contributed by atoms with E-state index < -0.39 is 6.17 Å². The van der Waals surface area contributed by atoms with Gasteiger partial charge in [0.05, 0.1) is 11.9 Å². The standard InChI is InChI=1S/C7H6N2O2/c10-4-7-8-3-6-5-11-2-1-9(6)7/h1-5,7H. The van der Waals surface area contributed by atoms with Crippen LogP contribution in [0.5, 0.6) is 0 Å². The van der Waals surface area contributed by atoms with Gasteiger partial charge in [-0.15, -0.1) is 0 Å². The van der Waals surface area contributed by atoms with Gasteiger partial charge in [-0.3, -0.25) is 9.79 Å². The molecule has 1 atom stereocenters. The maximum Gasteiger partial charge on any atom is 0.181 e. The average Bonchev–Trinajstić information content (AvgIpc) is 2.47. The number of aliphatic imine (C=N–C) groups is 1. The van der Waals surface area contributed by atoms with Crippen molar-refractivity contribution in [1.29, 1.82) is 0 Å². The molecule has 56 valence electrons. The lowest BCUT2D eigenvalue weighted by atomic mass is 10.4. The van der Waals surface area contributed by atoms with Gasteiger partial charge in [-0.05, 0) is 0 Å². The Morgan fingerprint density at radius 1 is 1.73 bits per heavy atom. The lowest BCUT2D eigenvalue weighted by molar-refractivity contribution is -0.110. The van der Waals surface area contributed by atoms with Crippen molar-refractivity contribution in [2.45, 2.75) is 6.17 Å². The van der Waals surface area contributed by atoms with E-state index >= 15 is 0 Å². The largest absolute Gasteiger partial charge is 0.469 e. The number of carbonyl (C=O) groups excluding carboxylic acids is 1. The van der Waals surface area contributed by atoms with Crippen molar-refractivity contribution in [2.75, 3.05) is 0 Å².